The van der Waals surface area contributed by atoms with Crippen LogP contribution in [0.4, 0.5) is 17.1 Å². The van der Waals surface area contributed by atoms with Gasteiger partial charge < -0.3 is 15.8 Å². The number of esters is 1. The van der Waals surface area contributed by atoms with Gasteiger partial charge in [-0.25, -0.2) is 4.79 Å². The third kappa shape index (κ3) is 2.85. The lowest BCUT2D eigenvalue weighted by Crippen LogP contribution is -2.06. The van der Waals surface area contributed by atoms with Gasteiger partial charge in [0.25, 0.3) is 0 Å². The summed E-state index contributed by atoms with van der Waals surface area (Å²) >= 11 is 0. The molecule has 0 saturated heterocycles. The number of methoxy groups -OCH3 is 1. The lowest BCUT2D eigenvalue weighted by Gasteiger charge is -2.08. The molecule has 0 unspecified atom stereocenters. The number of rotatable bonds is 4. The monoisotopic (exact) mass is 260 g/mol. The van der Waals surface area contributed by atoms with Gasteiger partial charge in [0.05, 0.1) is 24.6 Å². The van der Waals surface area contributed by atoms with Crippen molar-refractivity contribution in [1.29, 1.82) is 0 Å². The van der Waals surface area contributed by atoms with Crippen molar-refractivity contribution in [3.8, 4) is 0 Å². The summed E-state index contributed by atoms with van der Waals surface area (Å²) in [7, 11) is 1.33. The number of nitrogen functional groups attached to an aromatic ring is 1. The van der Waals surface area contributed by atoms with Gasteiger partial charge in [0.1, 0.15) is 0 Å². The molecule has 0 saturated carbocycles. The number of carbonyl (C=O) groups is 1. The van der Waals surface area contributed by atoms with Crippen LogP contribution in [-0.4, -0.2) is 22.9 Å². The highest BCUT2D eigenvalue weighted by atomic mass is 16.5. The topological polar surface area (TPSA) is 82.2 Å². The Labute approximate surface area is 111 Å². The molecule has 19 heavy (non-hydrogen) atoms. The van der Waals surface area contributed by atoms with Crippen LogP contribution < -0.4 is 11.1 Å². The van der Waals surface area contributed by atoms with Crippen molar-refractivity contribution in [1.82, 2.24) is 9.78 Å². The first-order valence-electron chi connectivity index (χ1n) is 5.91. The lowest BCUT2D eigenvalue weighted by molar-refractivity contribution is 0.0602. The maximum atomic E-state index is 11.5. The van der Waals surface area contributed by atoms with Crippen LogP contribution in [-0.2, 0) is 11.3 Å². The molecule has 1 heterocycles. The summed E-state index contributed by atoms with van der Waals surface area (Å²) in [5.74, 6) is -0.453. The first-order valence-corrected chi connectivity index (χ1v) is 5.91. The largest absolute Gasteiger partial charge is 0.465 e. The zero-order chi connectivity index (χ0) is 13.8. The van der Waals surface area contributed by atoms with Crippen LogP contribution in [0, 0.1) is 0 Å². The second kappa shape index (κ2) is 5.43. The van der Waals surface area contributed by atoms with Gasteiger partial charge in [-0.1, -0.05) is 0 Å². The molecule has 3 N–H and O–H groups in total. The number of aromatic nitrogens is 2. The number of ether oxygens (including phenoxy) is 1. The molecule has 6 heteroatoms. The number of hydrogen-bond donors (Lipinski definition) is 2. The Morgan fingerprint density at radius 3 is 2.89 bits per heavy atom. The van der Waals surface area contributed by atoms with Crippen LogP contribution in [0.1, 0.15) is 17.3 Å². The van der Waals surface area contributed by atoms with Gasteiger partial charge in [-0.2, -0.15) is 5.10 Å². The molecule has 0 aliphatic rings. The van der Waals surface area contributed by atoms with E-state index in [0.29, 0.717) is 11.3 Å². The molecule has 100 valence electrons. The molecular weight excluding hydrogens is 244 g/mol. The van der Waals surface area contributed by atoms with E-state index in [9.17, 15) is 4.79 Å². The Morgan fingerprint density at radius 1 is 1.47 bits per heavy atom. The van der Waals surface area contributed by atoms with E-state index in [1.54, 1.807) is 29.1 Å². The Balaban J connectivity index is 2.23. The molecule has 0 spiro atoms. The quantitative estimate of drug-likeness (QED) is 0.649. The van der Waals surface area contributed by atoms with Gasteiger partial charge in [-0.3, -0.25) is 4.68 Å². The van der Waals surface area contributed by atoms with Crippen LogP contribution >= 0.6 is 0 Å². The van der Waals surface area contributed by atoms with Gasteiger partial charge in [-0.05, 0) is 25.1 Å². The highest BCUT2D eigenvalue weighted by Crippen LogP contribution is 2.22. The molecule has 0 fully saturated rings. The predicted octanol–water partition coefficient (Wildman–Crippen LogP) is 2.02. The number of nitrogens with zero attached hydrogens (tertiary/aromatic N) is 2. The Hall–Kier alpha value is -2.50. The van der Waals surface area contributed by atoms with Crippen LogP contribution in [0.5, 0.6) is 0 Å². The molecule has 1 aromatic carbocycles. The van der Waals surface area contributed by atoms with E-state index in [2.05, 4.69) is 15.2 Å². The van der Waals surface area contributed by atoms with Gasteiger partial charge in [-0.15, -0.1) is 0 Å². The normalized spacial score (nSPS) is 10.2. The van der Waals surface area contributed by atoms with Gasteiger partial charge >= 0.3 is 5.97 Å². The first kappa shape index (κ1) is 12.9. The van der Waals surface area contributed by atoms with Gasteiger partial charge in [0.15, 0.2) is 0 Å². The number of anilines is 3. The smallest absolute Gasteiger partial charge is 0.340 e. The van der Waals surface area contributed by atoms with Crippen molar-refractivity contribution in [2.45, 2.75) is 13.5 Å². The number of nitrogens with one attached hydrogen (secondary N) is 1. The third-order valence-corrected chi connectivity index (χ3v) is 2.70. The van der Waals surface area contributed by atoms with E-state index in [-0.39, 0.29) is 0 Å². The van der Waals surface area contributed by atoms with Crippen molar-refractivity contribution in [3.63, 3.8) is 0 Å². The molecular formula is C13H16N4O2. The second-order valence-electron chi connectivity index (χ2n) is 4.00. The predicted molar refractivity (Wildman–Crippen MR) is 73.4 cm³/mol. The standard InChI is InChI=1S/C13H16N4O2/c1-3-17-8-10(7-15-17)16-9-4-5-12(14)11(6-9)13(18)19-2/h4-8,16H,3,14H2,1-2H3. The average Bonchev–Trinajstić information content (AvgIpc) is 2.87. The molecule has 0 radical (unpaired) electrons. The summed E-state index contributed by atoms with van der Waals surface area (Å²) in [6.07, 6.45) is 3.60. The number of hydrogen-bond acceptors (Lipinski definition) is 5. The van der Waals surface area contributed by atoms with E-state index >= 15 is 0 Å². The van der Waals surface area contributed by atoms with Crippen molar-refractivity contribution in [3.05, 3.63) is 36.2 Å². The summed E-state index contributed by atoms with van der Waals surface area (Å²) < 4.78 is 6.49. The Bertz CT molecular complexity index is 592. The summed E-state index contributed by atoms with van der Waals surface area (Å²) in [6.45, 7) is 2.81. The highest BCUT2D eigenvalue weighted by molar-refractivity contribution is 5.96. The first-order chi connectivity index (χ1) is 9.13. The van der Waals surface area contributed by atoms with Crippen molar-refractivity contribution >= 4 is 23.0 Å². The lowest BCUT2D eigenvalue weighted by atomic mass is 10.1. The molecule has 0 bridgehead atoms. The number of carbonyl (C=O) groups excluding carboxylic acids is 1. The molecule has 2 aromatic rings. The van der Waals surface area contributed by atoms with Gasteiger partial charge in [0.2, 0.25) is 0 Å². The second-order valence-corrected chi connectivity index (χ2v) is 4.00. The average molecular weight is 260 g/mol. The minimum atomic E-state index is -0.453. The number of benzene rings is 1. The minimum Gasteiger partial charge on any atom is -0.465 e. The fraction of sp³-hybridized carbons (Fsp3) is 0.231. The fourth-order valence-corrected chi connectivity index (χ4v) is 1.69. The number of aryl methyl sites for hydroxylation is 1. The molecule has 0 atom stereocenters. The molecule has 0 aliphatic carbocycles. The van der Waals surface area contributed by atoms with E-state index in [1.165, 1.54) is 7.11 Å². The van der Waals surface area contributed by atoms with E-state index in [1.807, 2.05) is 13.1 Å². The van der Waals surface area contributed by atoms with Crippen LogP contribution in [0.25, 0.3) is 0 Å². The summed E-state index contributed by atoms with van der Waals surface area (Å²) in [5.41, 5.74) is 8.08. The minimum absolute atomic E-state index is 0.343. The SMILES string of the molecule is CCn1cc(Nc2ccc(N)c(C(=O)OC)c2)cn1. The van der Waals surface area contributed by atoms with E-state index in [0.717, 1.165) is 17.9 Å². The zero-order valence-electron chi connectivity index (χ0n) is 10.9. The van der Waals surface area contributed by atoms with Crippen LogP contribution in [0.2, 0.25) is 0 Å². The molecule has 1 aromatic heterocycles. The maximum Gasteiger partial charge on any atom is 0.340 e. The summed E-state index contributed by atoms with van der Waals surface area (Å²) in [4.78, 5) is 11.5. The Kier molecular flexibility index (Phi) is 3.70. The van der Waals surface area contributed by atoms with Crippen molar-refractivity contribution < 1.29 is 9.53 Å². The van der Waals surface area contributed by atoms with Crippen molar-refractivity contribution in [2.75, 3.05) is 18.2 Å². The van der Waals surface area contributed by atoms with Crippen LogP contribution in [0.3, 0.4) is 0 Å². The zero-order valence-corrected chi connectivity index (χ0v) is 10.9. The highest BCUT2D eigenvalue weighted by Gasteiger charge is 2.11. The van der Waals surface area contributed by atoms with Crippen LogP contribution in [0.15, 0.2) is 30.6 Å². The molecule has 6 nitrogen and oxygen atoms in total. The summed E-state index contributed by atoms with van der Waals surface area (Å²) in [6, 6.07) is 5.12. The molecule has 0 aliphatic heterocycles. The van der Waals surface area contributed by atoms with E-state index in [4.69, 9.17) is 5.73 Å². The molecule has 2 rings (SSSR count). The van der Waals surface area contributed by atoms with Crippen molar-refractivity contribution in [2.24, 2.45) is 0 Å². The maximum absolute atomic E-state index is 11.5. The molecule has 0 amide bonds. The third-order valence-electron chi connectivity index (χ3n) is 2.70. The Morgan fingerprint density at radius 2 is 2.26 bits per heavy atom. The van der Waals surface area contributed by atoms with Gasteiger partial charge in [0, 0.05) is 24.1 Å². The summed E-state index contributed by atoms with van der Waals surface area (Å²) in [5, 5.41) is 7.32. The fourth-order valence-electron chi connectivity index (χ4n) is 1.69. The number of nitrogens with two attached hydrogens (primary N) is 1. The van der Waals surface area contributed by atoms with E-state index < -0.39 is 5.97 Å².